The second kappa shape index (κ2) is 6.71. The lowest BCUT2D eigenvalue weighted by Gasteiger charge is -2.11. The van der Waals surface area contributed by atoms with E-state index < -0.39 is 35.7 Å². The lowest BCUT2D eigenvalue weighted by molar-refractivity contribution is 0.105. The van der Waals surface area contributed by atoms with Crippen molar-refractivity contribution >= 4 is 5.82 Å². The molecule has 118 valence electrons. The van der Waals surface area contributed by atoms with Gasteiger partial charge in [0.25, 0.3) is 0 Å². The van der Waals surface area contributed by atoms with Crippen molar-refractivity contribution in [3.63, 3.8) is 0 Å². The van der Waals surface area contributed by atoms with E-state index >= 15 is 0 Å². The number of hydrogen-bond acceptors (Lipinski definition) is 5. The number of aryl methyl sites for hydroxylation is 1. The van der Waals surface area contributed by atoms with Gasteiger partial charge in [-0.25, -0.2) is 23.1 Å². The molecule has 2 aromatic rings. The number of hydrogen-bond donors (Lipinski definition) is 3. The van der Waals surface area contributed by atoms with Crippen LogP contribution in [0.2, 0.25) is 0 Å². The van der Waals surface area contributed by atoms with Gasteiger partial charge in [0.05, 0.1) is 18.3 Å². The summed E-state index contributed by atoms with van der Waals surface area (Å²) in [7, 11) is 0. The lowest BCUT2D eigenvalue weighted by atomic mass is 10.1. The van der Waals surface area contributed by atoms with E-state index in [1.807, 2.05) is 0 Å². The molecule has 0 aliphatic heterocycles. The molecule has 0 fully saturated rings. The van der Waals surface area contributed by atoms with Crippen molar-refractivity contribution in [2.75, 3.05) is 18.5 Å². The Hall–Kier alpha value is -2.19. The molecule has 3 N–H and O–H groups in total. The third-order valence-corrected chi connectivity index (χ3v) is 2.82. The lowest BCUT2D eigenvalue weighted by Crippen LogP contribution is -2.23. The second-order valence-electron chi connectivity index (χ2n) is 4.68. The van der Waals surface area contributed by atoms with E-state index in [0.717, 1.165) is 6.07 Å². The summed E-state index contributed by atoms with van der Waals surface area (Å²) in [4.78, 5) is 7.92. The maximum Gasteiger partial charge on any atom is 0.170 e. The largest absolute Gasteiger partial charge is 0.394 e. The Morgan fingerprint density at radius 3 is 2.59 bits per heavy atom. The third kappa shape index (κ3) is 3.71. The molecule has 1 unspecified atom stereocenters. The molecule has 0 aliphatic rings. The molecule has 0 radical (unpaired) electrons. The van der Waals surface area contributed by atoms with Crippen molar-refractivity contribution in [1.82, 2.24) is 9.97 Å². The standard InChI is InChI=1S/C14H14F3N3O2/c1-7-2-12(18-5-9(22)6-21)20-14(19-7)10-3-8(15)4-11(16)13(10)17/h2-4,9,21-22H,5-6H2,1H3,(H,18,19,20). The van der Waals surface area contributed by atoms with E-state index in [-0.39, 0.29) is 18.2 Å². The molecule has 1 heterocycles. The monoisotopic (exact) mass is 313 g/mol. The van der Waals surface area contributed by atoms with E-state index in [9.17, 15) is 18.3 Å². The Kier molecular flexibility index (Phi) is 4.94. The molecule has 0 spiro atoms. The zero-order valence-electron chi connectivity index (χ0n) is 11.6. The normalized spacial score (nSPS) is 12.3. The molecule has 0 bridgehead atoms. The van der Waals surface area contributed by atoms with E-state index in [1.54, 1.807) is 6.92 Å². The Morgan fingerprint density at radius 2 is 1.91 bits per heavy atom. The minimum absolute atomic E-state index is 0.00634. The molecular formula is C14H14F3N3O2. The van der Waals surface area contributed by atoms with Gasteiger partial charge in [0.15, 0.2) is 17.5 Å². The fraction of sp³-hybridized carbons (Fsp3) is 0.286. The number of nitrogens with zero attached hydrogens (tertiary/aromatic N) is 2. The van der Waals surface area contributed by atoms with Crippen molar-refractivity contribution in [1.29, 1.82) is 0 Å². The van der Waals surface area contributed by atoms with Gasteiger partial charge in [0.2, 0.25) is 0 Å². The average Bonchev–Trinajstić information content (AvgIpc) is 2.47. The number of aliphatic hydroxyl groups is 2. The smallest absolute Gasteiger partial charge is 0.170 e. The van der Waals surface area contributed by atoms with Crippen LogP contribution in [0, 0.1) is 24.4 Å². The maximum atomic E-state index is 13.8. The predicted molar refractivity (Wildman–Crippen MR) is 73.7 cm³/mol. The van der Waals surface area contributed by atoms with Crippen LogP contribution in [0.3, 0.4) is 0 Å². The minimum Gasteiger partial charge on any atom is -0.394 e. The van der Waals surface area contributed by atoms with Crippen LogP contribution < -0.4 is 5.32 Å². The third-order valence-electron chi connectivity index (χ3n) is 2.82. The van der Waals surface area contributed by atoms with Crippen molar-refractivity contribution in [3.05, 3.63) is 41.3 Å². The van der Waals surface area contributed by atoms with Crippen LogP contribution in [0.15, 0.2) is 18.2 Å². The molecule has 1 aromatic heterocycles. The minimum atomic E-state index is -1.33. The Balaban J connectivity index is 2.38. The van der Waals surface area contributed by atoms with Crippen LogP contribution in [0.5, 0.6) is 0 Å². The zero-order chi connectivity index (χ0) is 16.3. The molecule has 0 aliphatic carbocycles. The fourth-order valence-electron chi connectivity index (χ4n) is 1.79. The Labute approximate surface area is 124 Å². The van der Waals surface area contributed by atoms with E-state index in [4.69, 9.17) is 5.11 Å². The molecule has 8 heteroatoms. The van der Waals surface area contributed by atoms with Crippen LogP contribution in [0.4, 0.5) is 19.0 Å². The Morgan fingerprint density at radius 1 is 1.18 bits per heavy atom. The number of halogens is 3. The summed E-state index contributed by atoms with van der Waals surface area (Å²) >= 11 is 0. The van der Waals surface area contributed by atoms with Crippen LogP contribution >= 0.6 is 0 Å². The van der Waals surface area contributed by atoms with Crippen molar-refractivity contribution in [3.8, 4) is 11.4 Å². The summed E-state index contributed by atoms with van der Waals surface area (Å²) in [6.45, 7) is 1.17. The van der Waals surface area contributed by atoms with E-state index in [0.29, 0.717) is 11.8 Å². The highest BCUT2D eigenvalue weighted by molar-refractivity contribution is 5.58. The molecule has 1 aromatic carbocycles. The number of rotatable bonds is 5. The summed E-state index contributed by atoms with van der Waals surface area (Å²) in [6, 6.07) is 2.76. The summed E-state index contributed by atoms with van der Waals surface area (Å²) < 4.78 is 40.3. The van der Waals surface area contributed by atoms with E-state index in [1.165, 1.54) is 6.07 Å². The maximum absolute atomic E-state index is 13.8. The highest BCUT2D eigenvalue weighted by atomic mass is 19.2. The van der Waals surface area contributed by atoms with Gasteiger partial charge in [-0.15, -0.1) is 0 Å². The first kappa shape index (κ1) is 16.2. The van der Waals surface area contributed by atoms with Gasteiger partial charge in [-0.2, -0.15) is 0 Å². The average molecular weight is 313 g/mol. The van der Waals surface area contributed by atoms with Gasteiger partial charge in [0, 0.05) is 24.4 Å². The molecule has 2 rings (SSSR count). The summed E-state index contributed by atoms with van der Waals surface area (Å²) in [5.41, 5.74) is 0.0435. The predicted octanol–water partition coefficient (Wildman–Crippen LogP) is 1.63. The van der Waals surface area contributed by atoms with Crippen LogP contribution in [-0.2, 0) is 0 Å². The van der Waals surface area contributed by atoms with Gasteiger partial charge in [-0.3, -0.25) is 0 Å². The number of aromatic nitrogens is 2. The Bertz CT molecular complexity index is 683. The number of benzene rings is 1. The van der Waals surface area contributed by atoms with Crippen molar-refractivity contribution < 1.29 is 23.4 Å². The molecular weight excluding hydrogens is 299 g/mol. The summed E-state index contributed by atoms with van der Waals surface area (Å²) in [5, 5.41) is 20.7. The molecule has 0 saturated heterocycles. The van der Waals surface area contributed by atoms with Gasteiger partial charge < -0.3 is 15.5 Å². The van der Waals surface area contributed by atoms with Crippen LogP contribution in [0.1, 0.15) is 5.69 Å². The van der Waals surface area contributed by atoms with Crippen molar-refractivity contribution in [2.45, 2.75) is 13.0 Å². The molecule has 0 saturated carbocycles. The van der Waals surface area contributed by atoms with Crippen molar-refractivity contribution in [2.24, 2.45) is 0 Å². The number of aliphatic hydroxyl groups excluding tert-OH is 2. The first-order valence-corrected chi connectivity index (χ1v) is 6.44. The number of anilines is 1. The van der Waals surface area contributed by atoms with Gasteiger partial charge in [-0.05, 0) is 13.0 Å². The quantitative estimate of drug-likeness (QED) is 0.731. The van der Waals surface area contributed by atoms with Gasteiger partial charge >= 0.3 is 0 Å². The second-order valence-corrected chi connectivity index (χ2v) is 4.68. The molecule has 22 heavy (non-hydrogen) atoms. The molecule has 1 atom stereocenters. The summed E-state index contributed by atoms with van der Waals surface area (Å²) in [6.07, 6.45) is -0.998. The number of nitrogens with one attached hydrogen (secondary N) is 1. The SMILES string of the molecule is Cc1cc(NCC(O)CO)nc(-c2cc(F)cc(F)c2F)n1. The first-order valence-electron chi connectivity index (χ1n) is 6.44. The topological polar surface area (TPSA) is 78.3 Å². The fourth-order valence-corrected chi connectivity index (χ4v) is 1.79. The molecule has 0 amide bonds. The van der Waals surface area contributed by atoms with Gasteiger partial charge in [-0.1, -0.05) is 0 Å². The highest BCUT2D eigenvalue weighted by Crippen LogP contribution is 2.24. The first-order chi connectivity index (χ1) is 10.4. The zero-order valence-corrected chi connectivity index (χ0v) is 11.6. The summed E-state index contributed by atoms with van der Waals surface area (Å²) in [5.74, 6) is -3.46. The van der Waals surface area contributed by atoms with E-state index in [2.05, 4.69) is 15.3 Å². The molecule has 5 nitrogen and oxygen atoms in total. The van der Waals surface area contributed by atoms with Crippen LogP contribution in [-0.4, -0.2) is 39.4 Å². The van der Waals surface area contributed by atoms with Gasteiger partial charge in [0.1, 0.15) is 11.6 Å². The highest BCUT2D eigenvalue weighted by Gasteiger charge is 2.16. The van der Waals surface area contributed by atoms with Crippen LogP contribution in [0.25, 0.3) is 11.4 Å².